The average molecular weight is 502 g/mol. The van der Waals surface area contributed by atoms with Gasteiger partial charge in [0.2, 0.25) is 0 Å². The molecule has 4 aromatic rings. The molecule has 10 nitrogen and oxygen atoms in total. The number of hydrogen-bond acceptors (Lipinski definition) is 7. The van der Waals surface area contributed by atoms with E-state index >= 15 is 0 Å². The predicted molar refractivity (Wildman–Crippen MR) is 136 cm³/mol. The number of methoxy groups -OCH3 is 1. The number of hydroxylamine groups is 1. The van der Waals surface area contributed by atoms with Gasteiger partial charge in [0, 0.05) is 18.0 Å². The van der Waals surface area contributed by atoms with E-state index in [0.717, 1.165) is 16.8 Å². The maximum Gasteiger partial charge on any atom is 0.274 e. The van der Waals surface area contributed by atoms with Gasteiger partial charge in [0.15, 0.2) is 11.9 Å². The number of pyridine rings is 1. The third kappa shape index (κ3) is 6.18. The number of aliphatic hydroxyl groups is 1. The summed E-state index contributed by atoms with van der Waals surface area (Å²) in [6.07, 6.45) is 1.87. The number of ether oxygens (including phenoxy) is 1. The second kappa shape index (κ2) is 11.9. The number of aromatic nitrogens is 3. The number of aliphatic hydroxyl groups excluding tert-OH is 1. The molecule has 4 rings (SSSR count). The Kier molecular flexibility index (Phi) is 8.24. The molecule has 0 aliphatic carbocycles. The highest BCUT2D eigenvalue weighted by Crippen LogP contribution is 2.20. The fourth-order valence-corrected chi connectivity index (χ4v) is 3.81. The molecule has 10 heteroatoms. The van der Waals surface area contributed by atoms with Crippen LogP contribution in [0.2, 0.25) is 0 Å². The molecule has 2 amide bonds. The van der Waals surface area contributed by atoms with Crippen LogP contribution in [0.15, 0.2) is 85.2 Å². The van der Waals surface area contributed by atoms with Crippen molar-refractivity contribution >= 4 is 11.8 Å². The van der Waals surface area contributed by atoms with E-state index in [1.165, 1.54) is 11.8 Å². The summed E-state index contributed by atoms with van der Waals surface area (Å²) in [5, 5.41) is 18.1. The van der Waals surface area contributed by atoms with E-state index in [1.807, 2.05) is 36.4 Å². The molecule has 0 saturated heterocycles. The van der Waals surface area contributed by atoms with Gasteiger partial charge in [0.25, 0.3) is 11.8 Å². The largest absolute Gasteiger partial charge is 0.497 e. The molecule has 0 fully saturated rings. The van der Waals surface area contributed by atoms with E-state index < -0.39 is 24.0 Å². The molecule has 2 atom stereocenters. The summed E-state index contributed by atoms with van der Waals surface area (Å²) in [6, 6.07) is 20.8. The fraction of sp³-hybridized carbons (Fsp3) is 0.185. The van der Waals surface area contributed by atoms with E-state index in [1.54, 1.807) is 55.9 Å². The van der Waals surface area contributed by atoms with Crippen molar-refractivity contribution in [1.82, 2.24) is 25.6 Å². The highest BCUT2D eigenvalue weighted by Gasteiger charge is 2.29. The van der Waals surface area contributed by atoms with Crippen LogP contribution in [0.1, 0.15) is 15.9 Å². The van der Waals surface area contributed by atoms with Crippen molar-refractivity contribution in [3.63, 3.8) is 0 Å². The Labute approximate surface area is 213 Å². The second-order valence-electron chi connectivity index (χ2n) is 8.13. The van der Waals surface area contributed by atoms with Crippen molar-refractivity contribution < 1.29 is 24.3 Å². The molecular weight excluding hydrogens is 474 g/mol. The SMILES string of the molecule is CONC(=O)C(O)C(Cc1ccc(OC)cc1)NC(=O)c1cccnc1-n1ccc(-c2ccccc2)n1. The summed E-state index contributed by atoms with van der Waals surface area (Å²) in [5.74, 6) is -0.341. The van der Waals surface area contributed by atoms with Crippen LogP contribution in [0.25, 0.3) is 17.1 Å². The molecule has 0 aliphatic rings. The van der Waals surface area contributed by atoms with Gasteiger partial charge < -0.3 is 15.2 Å². The van der Waals surface area contributed by atoms with E-state index in [4.69, 9.17) is 4.74 Å². The number of benzene rings is 2. The highest BCUT2D eigenvalue weighted by molar-refractivity contribution is 5.97. The minimum atomic E-state index is -1.58. The molecule has 0 radical (unpaired) electrons. The van der Waals surface area contributed by atoms with Gasteiger partial charge in [0.05, 0.1) is 31.5 Å². The van der Waals surface area contributed by atoms with Crippen LogP contribution >= 0.6 is 0 Å². The Morgan fingerprint density at radius 2 is 1.76 bits per heavy atom. The minimum absolute atomic E-state index is 0.170. The van der Waals surface area contributed by atoms with Gasteiger partial charge in [-0.25, -0.2) is 15.1 Å². The van der Waals surface area contributed by atoms with Crippen LogP contribution in [0.4, 0.5) is 0 Å². The fourth-order valence-electron chi connectivity index (χ4n) is 3.81. The Hall–Kier alpha value is -4.54. The maximum absolute atomic E-state index is 13.4. The zero-order valence-corrected chi connectivity index (χ0v) is 20.4. The summed E-state index contributed by atoms with van der Waals surface area (Å²) in [7, 11) is 2.82. The van der Waals surface area contributed by atoms with Gasteiger partial charge in [0.1, 0.15) is 5.75 Å². The lowest BCUT2D eigenvalue weighted by atomic mass is 10.00. The van der Waals surface area contributed by atoms with Crippen LogP contribution in [0.3, 0.4) is 0 Å². The van der Waals surface area contributed by atoms with E-state index in [-0.39, 0.29) is 12.0 Å². The predicted octanol–water partition coefficient (Wildman–Crippen LogP) is 2.32. The molecule has 190 valence electrons. The lowest BCUT2D eigenvalue weighted by Gasteiger charge is -2.24. The number of carbonyl (C=O) groups excluding carboxylic acids is 2. The highest BCUT2D eigenvalue weighted by atomic mass is 16.6. The van der Waals surface area contributed by atoms with Crippen LogP contribution in [0.5, 0.6) is 5.75 Å². The van der Waals surface area contributed by atoms with Crippen molar-refractivity contribution in [1.29, 1.82) is 0 Å². The van der Waals surface area contributed by atoms with Gasteiger partial charge in [-0.15, -0.1) is 0 Å². The zero-order valence-electron chi connectivity index (χ0n) is 20.4. The molecule has 0 bridgehead atoms. The molecule has 37 heavy (non-hydrogen) atoms. The topological polar surface area (TPSA) is 128 Å². The first-order valence-corrected chi connectivity index (χ1v) is 11.5. The standard InChI is InChI=1S/C27H27N5O5/c1-36-20-12-10-18(11-13-20)17-23(24(33)27(35)31-37-2)29-26(34)21-9-6-15-28-25(21)32-16-14-22(30-32)19-7-4-3-5-8-19/h3-16,23-24,33H,17H2,1-2H3,(H,29,34)(H,31,35). The number of hydrogen-bond donors (Lipinski definition) is 3. The number of amides is 2. The van der Waals surface area contributed by atoms with Crippen LogP contribution in [0, 0.1) is 0 Å². The summed E-state index contributed by atoms with van der Waals surface area (Å²) in [5.41, 5.74) is 4.77. The normalized spacial score (nSPS) is 12.4. The third-order valence-corrected chi connectivity index (χ3v) is 5.69. The third-order valence-electron chi connectivity index (χ3n) is 5.69. The average Bonchev–Trinajstić information content (AvgIpc) is 3.43. The Balaban J connectivity index is 1.60. The molecule has 2 unspecified atom stereocenters. The summed E-state index contributed by atoms with van der Waals surface area (Å²) in [4.78, 5) is 34.8. The summed E-state index contributed by atoms with van der Waals surface area (Å²) < 4.78 is 6.70. The van der Waals surface area contributed by atoms with E-state index in [2.05, 4.69) is 25.7 Å². The Morgan fingerprint density at radius 1 is 1.00 bits per heavy atom. The number of rotatable bonds is 10. The molecule has 2 heterocycles. The number of nitrogens with one attached hydrogen (secondary N) is 2. The summed E-state index contributed by atoms with van der Waals surface area (Å²) >= 11 is 0. The van der Waals surface area contributed by atoms with Crippen LogP contribution < -0.4 is 15.5 Å². The molecule has 2 aromatic carbocycles. The molecule has 2 aromatic heterocycles. The molecule has 0 aliphatic heterocycles. The molecular formula is C27H27N5O5. The quantitative estimate of drug-likeness (QED) is 0.285. The first-order valence-electron chi connectivity index (χ1n) is 11.5. The molecule has 0 spiro atoms. The first-order chi connectivity index (χ1) is 18.0. The zero-order chi connectivity index (χ0) is 26.2. The van der Waals surface area contributed by atoms with Crippen molar-refractivity contribution in [2.75, 3.05) is 14.2 Å². The van der Waals surface area contributed by atoms with Crippen molar-refractivity contribution in [3.8, 4) is 22.8 Å². The van der Waals surface area contributed by atoms with Crippen molar-refractivity contribution in [3.05, 3.63) is 96.3 Å². The Morgan fingerprint density at radius 3 is 2.46 bits per heavy atom. The van der Waals surface area contributed by atoms with E-state index in [0.29, 0.717) is 11.6 Å². The Bertz CT molecular complexity index is 1340. The second-order valence-corrected chi connectivity index (χ2v) is 8.13. The lowest BCUT2D eigenvalue weighted by Crippen LogP contribution is -2.51. The smallest absolute Gasteiger partial charge is 0.274 e. The number of nitrogens with zero attached hydrogens (tertiary/aromatic N) is 3. The van der Waals surface area contributed by atoms with Crippen molar-refractivity contribution in [2.45, 2.75) is 18.6 Å². The number of carbonyl (C=O) groups is 2. The maximum atomic E-state index is 13.4. The monoisotopic (exact) mass is 501 g/mol. The lowest BCUT2D eigenvalue weighted by molar-refractivity contribution is -0.141. The van der Waals surface area contributed by atoms with Crippen LogP contribution in [-0.2, 0) is 16.1 Å². The van der Waals surface area contributed by atoms with Crippen molar-refractivity contribution in [2.24, 2.45) is 0 Å². The molecule has 0 saturated carbocycles. The first kappa shape index (κ1) is 25.5. The van der Waals surface area contributed by atoms with Gasteiger partial charge in [-0.3, -0.25) is 14.4 Å². The van der Waals surface area contributed by atoms with Crippen LogP contribution in [-0.4, -0.2) is 58.1 Å². The van der Waals surface area contributed by atoms with Gasteiger partial charge in [-0.05, 0) is 42.3 Å². The minimum Gasteiger partial charge on any atom is -0.497 e. The molecule has 3 N–H and O–H groups in total. The summed E-state index contributed by atoms with van der Waals surface area (Å²) in [6.45, 7) is 0. The van der Waals surface area contributed by atoms with Gasteiger partial charge in [-0.1, -0.05) is 42.5 Å². The van der Waals surface area contributed by atoms with Gasteiger partial charge in [-0.2, -0.15) is 5.10 Å². The van der Waals surface area contributed by atoms with E-state index in [9.17, 15) is 14.7 Å². The van der Waals surface area contributed by atoms with Gasteiger partial charge >= 0.3 is 0 Å².